The maximum absolute atomic E-state index is 6.21. The minimum absolute atomic E-state index is 0.150. The third-order valence-electron chi connectivity index (χ3n) is 5.38. The van der Waals surface area contributed by atoms with Crippen molar-refractivity contribution in [1.82, 2.24) is 4.90 Å². The molecule has 3 rings (SSSR count). The van der Waals surface area contributed by atoms with Crippen LogP contribution in [0.4, 0.5) is 11.4 Å². The maximum Gasteiger partial charge on any atom is 0.0675 e. The zero-order valence-corrected chi connectivity index (χ0v) is 18.3. The predicted octanol–water partition coefficient (Wildman–Crippen LogP) is 5.81. The summed E-state index contributed by atoms with van der Waals surface area (Å²) >= 11 is 6.21. The molecule has 0 radical (unpaired) electrons. The zero-order valence-electron chi connectivity index (χ0n) is 17.5. The summed E-state index contributed by atoms with van der Waals surface area (Å²) in [6.07, 6.45) is 5.48. The second-order valence-corrected chi connectivity index (χ2v) is 8.69. The van der Waals surface area contributed by atoms with Crippen molar-refractivity contribution in [2.45, 2.75) is 25.7 Å². The van der Waals surface area contributed by atoms with Crippen molar-refractivity contribution < 1.29 is 0 Å². The molecule has 148 valence electrons. The van der Waals surface area contributed by atoms with Gasteiger partial charge in [-0.2, -0.15) is 0 Å². The summed E-state index contributed by atoms with van der Waals surface area (Å²) in [6.45, 7) is 6.53. The Balaban J connectivity index is 1.80. The predicted molar refractivity (Wildman–Crippen MR) is 123 cm³/mol. The molecule has 0 amide bonds. The number of rotatable bonds is 7. The van der Waals surface area contributed by atoms with Crippen molar-refractivity contribution in [2.24, 2.45) is 4.99 Å². The average Bonchev–Trinajstić information content (AvgIpc) is 2.90. The molecule has 0 unspecified atom stereocenters. The number of anilines is 1. The van der Waals surface area contributed by atoms with Crippen LogP contribution < -0.4 is 4.90 Å². The van der Waals surface area contributed by atoms with Gasteiger partial charge >= 0.3 is 0 Å². The summed E-state index contributed by atoms with van der Waals surface area (Å²) in [5.74, 6) is 0. The minimum atomic E-state index is -0.150. The van der Waals surface area contributed by atoms with Gasteiger partial charge in [0.1, 0.15) is 0 Å². The van der Waals surface area contributed by atoms with Gasteiger partial charge in [0.05, 0.1) is 11.4 Å². The highest BCUT2D eigenvalue weighted by molar-refractivity contribution is 6.31. The molecule has 1 heterocycles. The van der Waals surface area contributed by atoms with Gasteiger partial charge in [-0.05, 0) is 68.5 Å². The highest BCUT2D eigenvalue weighted by Gasteiger charge is 2.33. The van der Waals surface area contributed by atoms with Crippen LogP contribution in [0.15, 0.2) is 53.5 Å². The quantitative estimate of drug-likeness (QED) is 0.589. The fraction of sp³-hybridized carbons (Fsp3) is 0.375. The molecule has 0 fully saturated rings. The number of fused-ring (bicyclic) bond motifs is 1. The molecule has 2 aromatic rings. The van der Waals surface area contributed by atoms with E-state index in [0.29, 0.717) is 0 Å². The zero-order chi connectivity index (χ0) is 20.3. The molecule has 2 aromatic carbocycles. The van der Waals surface area contributed by atoms with E-state index in [4.69, 9.17) is 16.6 Å². The molecule has 0 atom stereocenters. The fourth-order valence-corrected chi connectivity index (χ4v) is 3.82. The molecule has 0 aliphatic carbocycles. The third-order valence-corrected chi connectivity index (χ3v) is 5.62. The van der Waals surface area contributed by atoms with Crippen molar-refractivity contribution in [3.63, 3.8) is 0 Å². The van der Waals surface area contributed by atoms with E-state index in [2.05, 4.69) is 81.2 Å². The van der Waals surface area contributed by atoms with Crippen LogP contribution in [0, 0.1) is 0 Å². The lowest BCUT2D eigenvalue weighted by Crippen LogP contribution is -2.24. The Morgan fingerprint density at radius 1 is 1.00 bits per heavy atom. The van der Waals surface area contributed by atoms with Gasteiger partial charge in [-0.1, -0.05) is 49.7 Å². The molecule has 0 saturated heterocycles. The first-order chi connectivity index (χ1) is 13.3. The van der Waals surface area contributed by atoms with E-state index >= 15 is 0 Å². The van der Waals surface area contributed by atoms with Gasteiger partial charge in [0.2, 0.25) is 0 Å². The van der Waals surface area contributed by atoms with Crippen LogP contribution in [0.25, 0.3) is 6.08 Å². The molecule has 0 saturated carbocycles. The Hall–Kier alpha value is -2.10. The van der Waals surface area contributed by atoms with Crippen LogP contribution in [0.3, 0.4) is 0 Å². The largest absolute Gasteiger partial charge is 0.374 e. The molecule has 0 spiro atoms. The Kier molecular flexibility index (Phi) is 6.26. The van der Waals surface area contributed by atoms with Crippen molar-refractivity contribution in [2.75, 3.05) is 39.1 Å². The second-order valence-electron chi connectivity index (χ2n) is 8.25. The van der Waals surface area contributed by atoms with Gasteiger partial charge in [-0.3, -0.25) is 4.99 Å². The lowest BCUT2D eigenvalue weighted by atomic mass is 9.81. The van der Waals surface area contributed by atoms with E-state index < -0.39 is 0 Å². The van der Waals surface area contributed by atoms with Crippen LogP contribution in [-0.4, -0.2) is 44.8 Å². The topological polar surface area (TPSA) is 18.8 Å². The molecule has 3 nitrogen and oxygen atoms in total. The Labute approximate surface area is 174 Å². The summed E-state index contributed by atoms with van der Waals surface area (Å²) in [4.78, 5) is 9.41. The summed E-state index contributed by atoms with van der Waals surface area (Å²) < 4.78 is 0. The highest BCUT2D eigenvalue weighted by atomic mass is 35.5. The third kappa shape index (κ3) is 4.48. The Morgan fingerprint density at radius 2 is 1.75 bits per heavy atom. The van der Waals surface area contributed by atoms with Crippen LogP contribution in [0.2, 0.25) is 5.02 Å². The molecule has 1 aliphatic heterocycles. The smallest absolute Gasteiger partial charge is 0.0675 e. The maximum atomic E-state index is 6.21. The molecule has 28 heavy (non-hydrogen) atoms. The number of halogens is 1. The molecule has 1 aliphatic rings. The van der Waals surface area contributed by atoms with Crippen LogP contribution in [0.1, 0.15) is 31.4 Å². The summed E-state index contributed by atoms with van der Waals surface area (Å²) in [6, 6.07) is 14.5. The van der Waals surface area contributed by atoms with Gasteiger partial charge in [0.25, 0.3) is 0 Å². The van der Waals surface area contributed by atoms with Crippen molar-refractivity contribution >= 4 is 34.8 Å². The number of para-hydroxylation sites is 1. The van der Waals surface area contributed by atoms with E-state index in [-0.39, 0.29) is 5.41 Å². The molecular formula is C24H30ClN3. The van der Waals surface area contributed by atoms with Crippen molar-refractivity contribution in [1.29, 1.82) is 0 Å². The lowest BCUT2D eigenvalue weighted by molar-refractivity contribution is 0.401. The summed E-state index contributed by atoms with van der Waals surface area (Å²) in [7, 11) is 6.40. The molecule has 4 heteroatoms. The molecule has 0 aromatic heterocycles. The Bertz CT molecular complexity index is 896. The van der Waals surface area contributed by atoms with Gasteiger partial charge in [0.15, 0.2) is 0 Å². The van der Waals surface area contributed by atoms with E-state index in [1.807, 2.05) is 18.2 Å². The first-order valence-corrected chi connectivity index (χ1v) is 10.2. The Morgan fingerprint density at radius 3 is 2.50 bits per heavy atom. The average molecular weight is 396 g/mol. The van der Waals surface area contributed by atoms with Crippen LogP contribution >= 0.6 is 11.6 Å². The number of aliphatic imine (C=N–C) groups is 1. The van der Waals surface area contributed by atoms with E-state index in [1.54, 1.807) is 0 Å². The molecule has 0 N–H and O–H groups in total. The summed E-state index contributed by atoms with van der Waals surface area (Å²) in [5.41, 5.74) is 5.58. The van der Waals surface area contributed by atoms with Crippen LogP contribution in [-0.2, 0) is 5.41 Å². The minimum Gasteiger partial charge on any atom is -0.374 e. The van der Waals surface area contributed by atoms with Crippen molar-refractivity contribution in [3.8, 4) is 0 Å². The van der Waals surface area contributed by atoms with E-state index in [0.717, 1.165) is 35.9 Å². The lowest BCUT2D eigenvalue weighted by Gasteiger charge is -2.23. The number of allylic oxidation sites excluding steroid dienone is 1. The summed E-state index contributed by atoms with van der Waals surface area (Å²) in [5, 5.41) is 0.761. The van der Waals surface area contributed by atoms with E-state index in [1.165, 1.54) is 16.8 Å². The first kappa shape index (κ1) is 20.6. The van der Waals surface area contributed by atoms with Crippen LogP contribution in [0.5, 0.6) is 0 Å². The van der Waals surface area contributed by atoms with Crippen molar-refractivity contribution in [3.05, 3.63) is 64.7 Å². The van der Waals surface area contributed by atoms with Gasteiger partial charge < -0.3 is 9.80 Å². The number of hydrogen-bond acceptors (Lipinski definition) is 3. The number of hydrogen-bond donors (Lipinski definition) is 0. The second kappa shape index (κ2) is 8.50. The standard InChI is InChI=1S/C24H30ClN3/c1-24(2)20-17-19(25)12-13-21(20)26-23(24)14-11-18-9-6-7-10-22(18)28(5)16-8-15-27(3)4/h6-7,9-14,17H,8,15-16H2,1-5H3/b14-11+. The normalized spacial score (nSPS) is 15.2. The highest BCUT2D eigenvalue weighted by Crippen LogP contribution is 2.41. The van der Waals surface area contributed by atoms with Gasteiger partial charge in [-0.15, -0.1) is 0 Å². The van der Waals surface area contributed by atoms with Gasteiger partial charge in [0, 0.05) is 29.7 Å². The SMILES string of the molecule is CN(C)CCCN(C)c1ccccc1/C=C/C1=Nc2ccc(Cl)cc2C1(C)C. The fourth-order valence-electron chi connectivity index (χ4n) is 3.65. The number of benzene rings is 2. The monoisotopic (exact) mass is 395 g/mol. The first-order valence-electron chi connectivity index (χ1n) is 9.81. The molecule has 0 bridgehead atoms. The molecular weight excluding hydrogens is 366 g/mol. The van der Waals surface area contributed by atoms with E-state index in [9.17, 15) is 0 Å². The number of nitrogens with zero attached hydrogens (tertiary/aromatic N) is 3. The van der Waals surface area contributed by atoms with Gasteiger partial charge in [-0.25, -0.2) is 0 Å².